The first-order chi connectivity index (χ1) is 18.6. The van der Waals surface area contributed by atoms with E-state index in [2.05, 4.69) is 30.3 Å². The standard InChI is InChI=1S/C31H32O7/c1-4-35-27(32)17-22(18-28(33-2)34-3)37-29-19-36-25-15-13-20-9-5-7-11-23(20)30(25)31-24-12-8-6-10-21(24)14-16-26(31)38-29/h5-16,22,28-29H,4,17-19H2,1-3H3/t22-,29?/m0/s1. The number of esters is 1. The summed E-state index contributed by atoms with van der Waals surface area (Å²) < 4.78 is 35.1. The van der Waals surface area contributed by atoms with Gasteiger partial charge in [-0.3, -0.25) is 4.79 Å². The Bertz CT molecular complexity index is 1410. The lowest BCUT2D eigenvalue weighted by atomic mass is 9.92. The Morgan fingerprint density at radius 3 is 2.11 bits per heavy atom. The van der Waals surface area contributed by atoms with Crippen LogP contribution >= 0.6 is 0 Å². The van der Waals surface area contributed by atoms with Crippen LogP contribution in [-0.2, 0) is 23.7 Å². The first-order valence-electron chi connectivity index (χ1n) is 12.8. The number of methoxy groups -OCH3 is 2. The number of hydrogen-bond acceptors (Lipinski definition) is 7. The monoisotopic (exact) mass is 516 g/mol. The maximum absolute atomic E-state index is 12.4. The zero-order valence-corrected chi connectivity index (χ0v) is 21.8. The smallest absolute Gasteiger partial charge is 0.308 e. The van der Waals surface area contributed by atoms with E-state index in [1.807, 2.05) is 42.5 Å². The third-order valence-electron chi connectivity index (χ3n) is 6.69. The van der Waals surface area contributed by atoms with Gasteiger partial charge in [-0.25, -0.2) is 0 Å². The van der Waals surface area contributed by atoms with Crippen LogP contribution in [0.25, 0.3) is 32.7 Å². The van der Waals surface area contributed by atoms with E-state index in [0.29, 0.717) is 12.2 Å². The summed E-state index contributed by atoms with van der Waals surface area (Å²) in [4.78, 5) is 12.4. The van der Waals surface area contributed by atoms with Gasteiger partial charge in [0.1, 0.15) is 11.5 Å². The number of rotatable bonds is 9. The van der Waals surface area contributed by atoms with Crippen LogP contribution in [0.5, 0.6) is 11.5 Å². The van der Waals surface area contributed by atoms with Gasteiger partial charge in [0, 0.05) is 31.8 Å². The van der Waals surface area contributed by atoms with Gasteiger partial charge >= 0.3 is 5.97 Å². The van der Waals surface area contributed by atoms with E-state index in [4.69, 9.17) is 28.4 Å². The van der Waals surface area contributed by atoms with E-state index in [0.717, 1.165) is 38.4 Å². The Kier molecular flexibility index (Phi) is 8.08. The Morgan fingerprint density at radius 1 is 0.868 bits per heavy atom. The van der Waals surface area contributed by atoms with Crippen molar-refractivity contribution < 1.29 is 33.2 Å². The third-order valence-corrected chi connectivity index (χ3v) is 6.69. The predicted molar refractivity (Wildman–Crippen MR) is 145 cm³/mol. The lowest BCUT2D eigenvalue weighted by Crippen LogP contribution is -2.36. The van der Waals surface area contributed by atoms with Gasteiger partial charge in [0.25, 0.3) is 0 Å². The van der Waals surface area contributed by atoms with Crippen LogP contribution in [0.3, 0.4) is 0 Å². The summed E-state index contributed by atoms with van der Waals surface area (Å²) in [5.74, 6) is 1.06. The van der Waals surface area contributed by atoms with Gasteiger partial charge in [-0.1, -0.05) is 60.7 Å². The molecule has 1 heterocycles. The molecule has 38 heavy (non-hydrogen) atoms. The van der Waals surface area contributed by atoms with E-state index in [1.165, 1.54) is 0 Å². The molecule has 2 atom stereocenters. The van der Waals surface area contributed by atoms with Crippen LogP contribution in [0.15, 0.2) is 72.8 Å². The molecule has 0 N–H and O–H groups in total. The SMILES string of the molecule is CCOC(=O)C[C@@H](CC(OC)OC)OC1COc2ccc3ccccc3c2-c2c(ccc3ccccc23)O1. The topological polar surface area (TPSA) is 72.5 Å². The molecule has 0 aliphatic carbocycles. The first-order valence-corrected chi connectivity index (χ1v) is 12.8. The van der Waals surface area contributed by atoms with Crippen molar-refractivity contribution in [2.45, 2.75) is 38.4 Å². The third kappa shape index (κ3) is 5.45. The molecule has 5 rings (SSSR count). The van der Waals surface area contributed by atoms with Gasteiger partial charge in [0.05, 0.1) is 19.1 Å². The molecule has 0 bridgehead atoms. The van der Waals surface area contributed by atoms with Crippen LogP contribution in [-0.4, -0.2) is 52.1 Å². The minimum absolute atomic E-state index is 0.0305. The summed E-state index contributed by atoms with van der Waals surface area (Å²) in [6.07, 6.45) is -1.57. The molecule has 1 aliphatic rings. The average Bonchev–Trinajstić information content (AvgIpc) is 2.93. The molecule has 0 saturated carbocycles. The first kappa shape index (κ1) is 26.0. The summed E-state index contributed by atoms with van der Waals surface area (Å²) in [5, 5.41) is 4.33. The molecule has 0 spiro atoms. The van der Waals surface area contributed by atoms with E-state index < -0.39 is 18.7 Å². The molecular formula is C31H32O7. The highest BCUT2D eigenvalue weighted by Crippen LogP contribution is 2.46. The van der Waals surface area contributed by atoms with Gasteiger partial charge in [-0.15, -0.1) is 0 Å². The molecule has 0 saturated heterocycles. The van der Waals surface area contributed by atoms with Crippen molar-refractivity contribution in [1.82, 2.24) is 0 Å². The van der Waals surface area contributed by atoms with Crippen molar-refractivity contribution in [2.24, 2.45) is 0 Å². The maximum Gasteiger partial charge on any atom is 0.308 e. The highest BCUT2D eigenvalue weighted by atomic mass is 16.7. The minimum atomic E-state index is -0.789. The zero-order valence-electron chi connectivity index (χ0n) is 21.8. The summed E-state index contributed by atoms with van der Waals surface area (Å²) in [7, 11) is 3.10. The van der Waals surface area contributed by atoms with Crippen LogP contribution in [0, 0.1) is 0 Å². The van der Waals surface area contributed by atoms with Crippen LogP contribution in [0.2, 0.25) is 0 Å². The van der Waals surface area contributed by atoms with Crippen LogP contribution in [0.4, 0.5) is 0 Å². The Labute approximate surface area is 222 Å². The Hall–Kier alpha value is -3.65. The molecule has 7 heteroatoms. The number of hydrogen-bond donors (Lipinski definition) is 0. The molecular weight excluding hydrogens is 484 g/mol. The summed E-state index contributed by atoms with van der Waals surface area (Å²) in [6, 6.07) is 24.5. The summed E-state index contributed by atoms with van der Waals surface area (Å²) in [6.45, 7) is 2.19. The number of ether oxygens (including phenoxy) is 6. The molecule has 0 fully saturated rings. The maximum atomic E-state index is 12.4. The van der Waals surface area contributed by atoms with E-state index in [-0.39, 0.29) is 25.6 Å². The fourth-order valence-corrected chi connectivity index (χ4v) is 4.95. The number of carbonyl (C=O) groups is 1. The predicted octanol–water partition coefficient (Wildman–Crippen LogP) is 6.10. The van der Waals surface area contributed by atoms with Crippen LogP contribution < -0.4 is 9.47 Å². The molecule has 4 aromatic rings. The van der Waals surface area contributed by atoms with Gasteiger partial charge in [-0.05, 0) is 40.6 Å². The van der Waals surface area contributed by atoms with E-state index in [9.17, 15) is 4.79 Å². The molecule has 4 aromatic carbocycles. The second-order valence-electron chi connectivity index (χ2n) is 9.08. The quantitative estimate of drug-likeness (QED) is 0.196. The number of benzene rings is 4. The normalized spacial score (nSPS) is 15.6. The molecule has 0 amide bonds. The Morgan fingerprint density at radius 2 is 1.47 bits per heavy atom. The number of carbonyl (C=O) groups excluding carboxylic acids is 1. The average molecular weight is 517 g/mol. The lowest BCUT2D eigenvalue weighted by molar-refractivity contribution is -0.181. The van der Waals surface area contributed by atoms with E-state index >= 15 is 0 Å². The molecule has 7 nitrogen and oxygen atoms in total. The molecule has 1 unspecified atom stereocenters. The highest BCUT2D eigenvalue weighted by molar-refractivity contribution is 6.09. The second kappa shape index (κ2) is 11.8. The number of fused-ring (bicyclic) bond motifs is 7. The lowest BCUT2D eigenvalue weighted by Gasteiger charge is -2.30. The second-order valence-corrected chi connectivity index (χ2v) is 9.08. The molecule has 198 valence electrons. The fraction of sp³-hybridized carbons (Fsp3) is 0.323. The molecule has 0 radical (unpaired) electrons. The summed E-state index contributed by atoms with van der Waals surface area (Å²) in [5.41, 5.74) is 1.92. The largest absolute Gasteiger partial charge is 0.486 e. The van der Waals surface area contributed by atoms with Gasteiger partial charge in [0.2, 0.25) is 6.29 Å². The van der Waals surface area contributed by atoms with Crippen LogP contribution in [0.1, 0.15) is 19.8 Å². The van der Waals surface area contributed by atoms with Crippen molar-refractivity contribution in [1.29, 1.82) is 0 Å². The van der Waals surface area contributed by atoms with Crippen molar-refractivity contribution in [2.75, 3.05) is 27.4 Å². The van der Waals surface area contributed by atoms with Gasteiger partial charge in [-0.2, -0.15) is 0 Å². The fourth-order valence-electron chi connectivity index (χ4n) is 4.95. The van der Waals surface area contributed by atoms with Crippen molar-refractivity contribution in [3.63, 3.8) is 0 Å². The van der Waals surface area contributed by atoms with Crippen molar-refractivity contribution >= 4 is 27.5 Å². The van der Waals surface area contributed by atoms with Gasteiger partial charge in [0.15, 0.2) is 12.9 Å². The van der Waals surface area contributed by atoms with E-state index in [1.54, 1.807) is 21.1 Å². The molecule has 1 aliphatic heterocycles. The Balaban J connectivity index is 1.56. The highest BCUT2D eigenvalue weighted by Gasteiger charge is 2.29. The minimum Gasteiger partial charge on any atom is -0.486 e. The van der Waals surface area contributed by atoms with Crippen molar-refractivity contribution in [3.8, 4) is 22.6 Å². The summed E-state index contributed by atoms with van der Waals surface area (Å²) >= 11 is 0. The molecule has 0 aromatic heterocycles. The van der Waals surface area contributed by atoms with Crippen molar-refractivity contribution in [3.05, 3.63) is 72.8 Å². The van der Waals surface area contributed by atoms with Gasteiger partial charge < -0.3 is 28.4 Å². The zero-order chi connectivity index (χ0) is 26.5.